The summed E-state index contributed by atoms with van der Waals surface area (Å²) in [5.41, 5.74) is -3.89. The second-order valence-electron chi connectivity index (χ2n) is 7.52. The lowest BCUT2D eigenvalue weighted by Gasteiger charge is -2.15. The van der Waals surface area contributed by atoms with E-state index in [1.165, 1.54) is 35.9 Å². The third-order valence-electron chi connectivity index (χ3n) is 5.08. The van der Waals surface area contributed by atoms with E-state index in [0.29, 0.717) is 12.1 Å². The van der Waals surface area contributed by atoms with Crippen molar-refractivity contribution in [2.24, 2.45) is 0 Å². The Labute approximate surface area is 199 Å². The Bertz CT molecular complexity index is 1380. The number of halogens is 6. The number of hydrogen-bond donors (Lipinski definition) is 1. The standard InChI is InChI=1S/C24H16F6N2O4/c1-2-36-22(35)14(10-31)8-15-12-32(19-5-3-4-18(20(15)19)21(33)34)11-13-6-16(23(25,26)27)9-17(7-13)24(28,29)30/h3-9,12H,2,11H2,1H3,(H,33,34)/b14-8+. The van der Waals surface area contributed by atoms with E-state index in [-0.39, 0.29) is 40.3 Å². The number of carbonyl (C=O) groups is 2. The number of ether oxygens (including phenoxy) is 1. The smallest absolute Gasteiger partial charge is 0.416 e. The maximum absolute atomic E-state index is 13.3. The quantitative estimate of drug-likeness (QED) is 0.193. The lowest BCUT2D eigenvalue weighted by Crippen LogP contribution is -2.12. The number of hydrogen-bond acceptors (Lipinski definition) is 4. The van der Waals surface area contributed by atoms with Crippen molar-refractivity contribution in [3.63, 3.8) is 0 Å². The van der Waals surface area contributed by atoms with Crippen LogP contribution >= 0.6 is 0 Å². The monoisotopic (exact) mass is 510 g/mol. The molecule has 36 heavy (non-hydrogen) atoms. The van der Waals surface area contributed by atoms with Crippen LogP contribution in [0.25, 0.3) is 17.0 Å². The Kier molecular flexibility index (Phi) is 7.15. The Balaban J connectivity index is 2.24. The molecule has 0 fully saturated rings. The van der Waals surface area contributed by atoms with Crippen molar-refractivity contribution >= 4 is 28.9 Å². The van der Waals surface area contributed by atoms with Crippen LogP contribution in [0.3, 0.4) is 0 Å². The minimum atomic E-state index is -5.04. The van der Waals surface area contributed by atoms with Gasteiger partial charge in [0.2, 0.25) is 0 Å². The van der Waals surface area contributed by atoms with E-state index >= 15 is 0 Å². The minimum Gasteiger partial charge on any atom is -0.478 e. The number of rotatable bonds is 6. The van der Waals surface area contributed by atoms with Gasteiger partial charge in [-0.15, -0.1) is 0 Å². The molecule has 0 saturated carbocycles. The number of carboxylic acid groups (broad SMARTS) is 1. The van der Waals surface area contributed by atoms with Crippen molar-refractivity contribution in [3.8, 4) is 6.07 Å². The van der Waals surface area contributed by atoms with Gasteiger partial charge in [0.25, 0.3) is 0 Å². The van der Waals surface area contributed by atoms with Crippen LogP contribution in [0, 0.1) is 11.3 Å². The SMILES string of the molecule is CCOC(=O)/C(C#N)=C/c1cn(Cc2cc(C(F)(F)F)cc(C(F)(F)F)c2)c2cccc(C(=O)O)c12. The summed E-state index contributed by atoms with van der Waals surface area (Å²) in [5, 5.41) is 19.0. The zero-order valence-electron chi connectivity index (χ0n) is 18.4. The van der Waals surface area contributed by atoms with Crippen molar-refractivity contribution in [1.29, 1.82) is 5.26 Å². The normalized spacial score (nSPS) is 12.4. The molecule has 1 heterocycles. The number of aromatic nitrogens is 1. The lowest BCUT2D eigenvalue weighted by molar-refractivity contribution is -0.143. The topological polar surface area (TPSA) is 92.3 Å². The number of fused-ring (bicyclic) bond motifs is 1. The van der Waals surface area contributed by atoms with E-state index < -0.39 is 47.5 Å². The first-order valence-corrected chi connectivity index (χ1v) is 10.2. The summed E-state index contributed by atoms with van der Waals surface area (Å²) >= 11 is 0. The summed E-state index contributed by atoms with van der Waals surface area (Å²) in [5.74, 6) is -2.36. The maximum atomic E-state index is 13.3. The molecule has 0 aliphatic heterocycles. The summed E-state index contributed by atoms with van der Waals surface area (Å²) in [6.45, 7) is 0.963. The van der Waals surface area contributed by atoms with E-state index in [9.17, 15) is 46.3 Å². The van der Waals surface area contributed by atoms with E-state index in [4.69, 9.17) is 4.74 Å². The second kappa shape index (κ2) is 9.77. The van der Waals surface area contributed by atoms with Crippen LogP contribution in [0.4, 0.5) is 26.3 Å². The van der Waals surface area contributed by atoms with Gasteiger partial charge in [0.1, 0.15) is 11.6 Å². The molecular weight excluding hydrogens is 494 g/mol. The van der Waals surface area contributed by atoms with E-state index in [1.54, 1.807) is 6.07 Å². The number of esters is 1. The van der Waals surface area contributed by atoms with Gasteiger partial charge >= 0.3 is 24.3 Å². The first kappa shape index (κ1) is 26.3. The van der Waals surface area contributed by atoms with Crippen LogP contribution in [0.1, 0.15) is 39.5 Å². The van der Waals surface area contributed by atoms with Crippen LogP contribution < -0.4 is 0 Å². The number of benzene rings is 2. The first-order valence-electron chi connectivity index (χ1n) is 10.2. The van der Waals surface area contributed by atoms with Crippen LogP contribution in [-0.4, -0.2) is 28.2 Å². The fraction of sp³-hybridized carbons (Fsp3) is 0.208. The van der Waals surface area contributed by atoms with Gasteiger partial charge in [0.05, 0.1) is 23.3 Å². The van der Waals surface area contributed by atoms with E-state index in [1.807, 2.05) is 0 Å². The maximum Gasteiger partial charge on any atom is 0.416 e. The zero-order chi connectivity index (χ0) is 26.8. The average molecular weight is 510 g/mol. The molecule has 0 unspecified atom stereocenters. The van der Waals surface area contributed by atoms with Gasteiger partial charge in [-0.3, -0.25) is 0 Å². The minimum absolute atomic E-state index is 0.00645. The molecule has 12 heteroatoms. The van der Waals surface area contributed by atoms with Gasteiger partial charge < -0.3 is 14.4 Å². The molecule has 0 saturated heterocycles. The summed E-state index contributed by atoms with van der Waals surface area (Å²) in [7, 11) is 0. The molecule has 1 aromatic heterocycles. The highest BCUT2D eigenvalue weighted by Crippen LogP contribution is 2.37. The van der Waals surface area contributed by atoms with Gasteiger partial charge in [-0.2, -0.15) is 31.6 Å². The number of nitrogens with zero attached hydrogens (tertiary/aromatic N) is 2. The van der Waals surface area contributed by atoms with Crippen molar-refractivity contribution in [2.45, 2.75) is 25.8 Å². The molecule has 0 radical (unpaired) electrons. The lowest BCUT2D eigenvalue weighted by atomic mass is 10.0. The zero-order valence-corrected chi connectivity index (χ0v) is 18.4. The van der Waals surface area contributed by atoms with Crippen molar-refractivity contribution in [3.05, 3.63) is 76.0 Å². The van der Waals surface area contributed by atoms with Gasteiger partial charge in [-0.05, 0) is 48.9 Å². The van der Waals surface area contributed by atoms with Gasteiger partial charge in [-0.1, -0.05) is 6.07 Å². The van der Waals surface area contributed by atoms with Crippen molar-refractivity contribution in [1.82, 2.24) is 4.57 Å². The van der Waals surface area contributed by atoms with Crippen LogP contribution in [0.15, 0.2) is 48.2 Å². The molecule has 0 amide bonds. The number of carboxylic acids is 1. The van der Waals surface area contributed by atoms with E-state index in [2.05, 4.69) is 0 Å². The van der Waals surface area contributed by atoms with Crippen LogP contribution in [-0.2, 0) is 28.4 Å². The summed E-state index contributed by atoms with van der Waals surface area (Å²) in [6, 6.07) is 6.76. The summed E-state index contributed by atoms with van der Waals surface area (Å²) in [4.78, 5) is 23.8. The Morgan fingerprint density at radius 2 is 1.69 bits per heavy atom. The Hall–Kier alpha value is -4.27. The van der Waals surface area contributed by atoms with Gasteiger partial charge in [0.15, 0.2) is 0 Å². The van der Waals surface area contributed by atoms with Gasteiger partial charge in [-0.25, -0.2) is 9.59 Å². The highest BCUT2D eigenvalue weighted by atomic mass is 19.4. The molecule has 0 bridgehead atoms. The number of alkyl halides is 6. The Morgan fingerprint density at radius 3 is 2.19 bits per heavy atom. The molecule has 1 N–H and O–H groups in total. The van der Waals surface area contributed by atoms with Crippen LogP contribution in [0.2, 0.25) is 0 Å². The third kappa shape index (κ3) is 5.51. The average Bonchev–Trinajstić information content (AvgIpc) is 3.13. The predicted octanol–water partition coefficient (Wildman–Crippen LogP) is 5.90. The molecule has 6 nitrogen and oxygen atoms in total. The molecule has 0 spiro atoms. The molecule has 3 aromatic rings. The molecule has 2 aromatic carbocycles. The fourth-order valence-corrected chi connectivity index (χ4v) is 3.61. The summed E-state index contributed by atoms with van der Waals surface area (Å²) in [6.07, 6.45) is -7.79. The van der Waals surface area contributed by atoms with Crippen molar-refractivity contribution < 1.29 is 45.8 Å². The summed E-state index contributed by atoms with van der Waals surface area (Å²) < 4.78 is 85.7. The molecule has 0 atom stereocenters. The largest absolute Gasteiger partial charge is 0.478 e. The molecule has 188 valence electrons. The van der Waals surface area contributed by atoms with Crippen LogP contribution in [0.5, 0.6) is 0 Å². The third-order valence-corrected chi connectivity index (χ3v) is 5.08. The molecular formula is C24H16F6N2O4. The Morgan fingerprint density at radius 1 is 1.08 bits per heavy atom. The second-order valence-corrected chi connectivity index (χ2v) is 7.52. The number of carbonyl (C=O) groups excluding carboxylic acids is 1. The molecule has 3 rings (SSSR count). The molecule has 0 aliphatic rings. The van der Waals surface area contributed by atoms with E-state index in [0.717, 1.165) is 6.08 Å². The molecule has 0 aliphatic carbocycles. The highest BCUT2D eigenvalue weighted by molar-refractivity contribution is 6.08. The number of nitriles is 1. The van der Waals surface area contributed by atoms with Crippen molar-refractivity contribution in [2.75, 3.05) is 6.61 Å². The highest BCUT2D eigenvalue weighted by Gasteiger charge is 2.37. The number of aromatic carboxylic acids is 1. The first-order chi connectivity index (χ1) is 16.8. The fourth-order valence-electron chi connectivity index (χ4n) is 3.61. The predicted molar refractivity (Wildman–Crippen MR) is 115 cm³/mol. The van der Waals surface area contributed by atoms with Gasteiger partial charge in [0, 0.05) is 29.2 Å².